The van der Waals surface area contributed by atoms with Crippen LogP contribution in [0.2, 0.25) is 0 Å². The number of nitrogens with one attached hydrogen (secondary N) is 1. The van der Waals surface area contributed by atoms with E-state index >= 15 is 0 Å². The van der Waals surface area contributed by atoms with Crippen molar-refractivity contribution in [3.63, 3.8) is 0 Å². The number of para-hydroxylation sites is 1. The molecule has 1 N–H and O–H groups in total. The molecular formula is C16H16N4OS2. The molecular weight excluding hydrogens is 328 g/mol. The van der Waals surface area contributed by atoms with Gasteiger partial charge in [-0.1, -0.05) is 36.0 Å². The van der Waals surface area contributed by atoms with E-state index in [-0.39, 0.29) is 11.9 Å². The Kier molecular flexibility index (Phi) is 5.09. The van der Waals surface area contributed by atoms with Crippen LogP contribution in [0.15, 0.2) is 59.3 Å². The normalized spacial score (nSPS) is 12.0. The molecule has 2 heterocycles. The van der Waals surface area contributed by atoms with Gasteiger partial charge in [-0.05, 0) is 30.5 Å². The topological polar surface area (TPSA) is 59.8 Å². The van der Waals surface area contributed by atoms with Crippen LogP contribution in [-0.4, -0.2) is 26.4 Å². The third kappa shape index (κ3) is 4.20. The molecule has 1 unspecified atom stereocenters. The van der Waals surface area contributed by atoms with E-state index in [2.05, 4.69) is 15.4 Å². The summed E-state index contributed by atoms with van der Waals surface area (Å²) in [5.74, 6) is 0.279. The number of hydrogen-bond donors (Lipinski definition) is 1. The van der Waals surface area contributed by atoms with E-state index in [0.29, 0.717) is 10.9 Å². The highest BCUT2D eigenvalue weighted by Gasteiger charge is 2.12. The standard InChI is InChI=1S/C16H16N4OS2/c1-12(14-8-5-9-22-14)18-15(21)10-23-16-17-11-20(19-16)13-6-3-2-4-7-13/h2-9,11-12H,10H2,1H3,(H,18,21). The van der Waals surface area contributed by atoms with Crippen molar-refractivity contribution in [3.8, 4) is 5.69 Å². The zero-order chi connectivity index (χ0) is 16.1. The largest absolute Gasteiger partial charge is 0.348 e. The van der Waals surface area contributed by atoms with Gasteiger partial charge in [0.2, 0.25) is 11.1 Å². The number of thioether (sulfide) groups is 1. The smallest absolute Gasteiger partial charge is 0.230 e. The highest BCUT2D eigenvalue weighted by molar-refractivity contribution is 7.99. The van der Waals surface area contributed by atoms with Gasteiger partial charge in [0.05, 0.1) is 17.5 Å². The molecule has 2 aromatic heterocycles. The SMILES string of the molecule is CC(NC(=O)CSc1ncn(-c2ccccc2)n1)c1cccs1. The lowest BCUT2D eigenvalue weighted by molar-refractivity contribution is -0.119. The zero-order valence-corrected chi connectivity index (χ0v) is 14.2. The van der Waals surface area contributed by atoms with Crippen molar-refractivity contribution < 1.29 is 4.79 Å². The number of carbonyl (C=O) groups excluding carboxylic acids is 1. The lowest BCUT2D eigenvalue weighted by atomic mass is 10.3. The molecule has 1 amide bonds. The maximum Gasteiger partial charge on any atom is 0.230 e. The molecule has 0 aliphatic carbocycles. The summed E-state index contributed by atoms with van der Waals surface area (Å²) in [6.45, 7) is 1.98. The quantitative estimate of drug-likeness (QED) is 0.697. The van der Waals surface area contributed by atoms with Crippen LogP contribution in [0.25, 0.3) is 5.69 Å². The van der Waals surface area contributed by atoms with Gasteiger partial charge in [-0.25, -0.2) is 9.67 Å². The van der Waals surface area contributed by atoms with Crippen molar-refractivity contribution in [2.45, 2.75) is 18.1 Å². The lowest BCUT2D eigenvalue weighted by Gasteiger charge is -2.11. The van der Waals surface area contributed by atoms with Gasteiger partial charge >= 0.3 is 0 Å². The summed E-state index contributed by atoms with van der Waals surface area (Å²) in [4.78, 5) is 17.4. The number of nitrogens with zero attached hydrogens (tertiary/aromatic N) is 3. The van der Waals surface area contributed by atoms with Crippen molar-refractivity contribution in [1.82, 2.24) is 20.1 Å². The Balaban J connectivity index is 1.52. The van der Waals surface area contributed by atoms with Gasteiger partial charge in [-0.2, -0.15) is 0 Å². The minimum absolute atomic E-state index is 0.0213. The Hall–Kier alpha value is -2.12. The van der Waals surface area contributed by atoms with E-state index < -0.39 is 0 Å². The first-order valence-electron chi connectivity index (χ1n) is 7.15. The molecule has 23 heavy (non-hydrogen) atoms. The van der Waals surface area contributed by atoms with E-state index in [1.807, 2.05) is 54.8 Å². The first-order chi connectivity index (χ1) is 11.2. The summed E-state index contributed by atoms with van der Waals surface area (Å²) in [5, 5.41) is 9.95. The van der Waals surface area contributed by atoms with E-state index in [1.165, 1.54) is 11.8 Å². The molecule has 3 aromatic rings. The van der Waals surface area contributed by atoms with Gasteiger partial charge in [0.25, 0.3) is 0 Å². The van der Waals surface area contributed by atoms with E-state index in [4.69, 9.17) is 0 Å². The van der Waals surface area contributed by atoms with Crippen LogP contribution in [-0.2, 0) is 4.79 Å². The van der Waals surface area contributed by atoms with E-state index in [9.17, 15) is 4.79 Å². The molecule has 7 heteroatoms. The average molecular weight is 344 g/mol. The summed E-state index contributed by atoms with van der Waals surface area (Å²) >= 11 is 2.97. The monoisotopic (exact) mass is 344 g/mol. The summed E-state index contributed by atoms with van der Waals surface area (Å²) in [6.07, 6.45) is 1.66. The summed E-state index contributed by atoms with van der Waals surface area (Å²) in [5.41, 5.74) is 0.947. The number of amides is 1. The zero-order valence-electron chi connectivity index (χ0n) is 12.5. The highest BCUT2D eigenvalue weighted by Crippen LogP contribution is 2.19. The molecule has 5 nitrogen and oxygen atoms in total. The fraction of sp³-hybridized carbons (Fsp3) is 0.188. The molecule has 0 aliphatic heterocycles. The Labute approximate surface area is 142 Å². The third-order valence-corrected chi connectivity index (χ3v) is 5.08. The van der Waals surface area contributed by atoms with Crippen LogP contribution < -0.4 is 5.32 Å². The van der Waals surface area contributed by atoms with Crippen LogP contribution in [0.5, 0.6) is 0 Å². The highest BCUT2D eigenvalue weighted by atomic mass is 32.2. The predicted octanol–water partition coefficient (Wildman–Crippen LogP) is 3.30. The van der Waals surface area contributed by atoms with Gasteiger partial charge in [0, 0.05) is 4.88 Å². The number of aromatic nitrogens is 3. The van der Waals surface area contributed by atoms with E-state index in [0.717, 1.165) is 10.6 Å². The summed E-state index contributed by atoms with van der Waals surface area (Å²) in [6, 6.07) is 13.8. The Bertz CT molecular complexity index is 756. The molecule has 0 bridgehead atoms. The molecule has 0 aliphatic rings. The number of rotatable bonds is 6. The van der Waals surface area contributed by atoms with Gasteiger partial charge in [0.1, 0.15) is 6.33 Å². The minimum atomic E-state index is -0.0213. The van der Waals surface area contributed by atoms with Crippen molar-refractivity contribution in [1.29, 1.82) is 0 Å². The fourth-order valence-electron chi connectivity index (χ4n) is 2.04. The molecule has 118 valence electrons. The molecule has 0 radical (unpaired) electrons. The predicted molar refractivity (Wildman–Crippen MR) is 93.0 cm³/mol. The van der Waals surface area contributed by atoms with Gasteiger partial charge in [-0.3, -0.25) is 4.79 Å². The first-order valence-corrected chi connectivity index (χ1v) is 9.01. The van der Waals surface area contributed by atoms with Crippen LogP contribution >= 0.6 is 23.1 Å². The average Bonchev–Trinajstić information content (AvgIpc) is 3.25. The Morgan fingerprint density at radius 2 is 2.13 bits per heavy atom. The molecule has 0 saturated carbocycles. The lowest BCUT2D eigenvalue weighted by Crippen LogP contribution is -2.27. The first kappa shape index (κ1) is 15.8. The van der Waals surface area contributed by atoms with Crippen LogP contribution in [0.3, 0.4) is 0 Å². The molecule has 1 atom stereocenters. The summed E-state index contributed by atoms with van der Waals surface area (Å²) < 4.78 is 1.70. The van der Waals surface area contributed by atoms with Gasteiger partial charge < -0.3 is 5.32 Å². The fourth-order valence-corrected chi connectivity index (χ4v) is 3.39. The number of thiophene rings is 1. The second kappa shape index (κ2) is 7.43. The Morgan fingerprint density at radius 3 is 2.87 bits per heavy atom. The van der Waals surface area contributed by atoms with Crippen LogP contribution in [0.4, 0.5) is 0 Å². The molecule has 0 fully saturated rings. The van der Waals surface area contributed by atoms with Crippen molar-refractivity contribution in [2.24, 2.45) is 0 Å². The molecule has 1 aromatic carbocycles. The van der Waals surface area contributed by atoms with E-state index in [1.54, 1.807) is 22.3 Å². The van der Waals surface area contributed by atoms with Crippen LogP contribution in [0, 0.1) is 0 Å². The molecule has 0 saturated heterocycles. The third-order valence-electron chi connectivity index (χ3n) is 3.17. The number of carbonyl (C=O) groups is 1. The van der Waals surface area contributed by atoms with Crippen LogP contribution in [0.1, 0.15) is 17.8 Å². The van der Waals surface area contributed by atoms with Gasteiger partial charge in [-0.15, -0.1) is 16.4 Å². The van der Waals surface area contributed by atoms with Gasteiger partial charge in [0.15, 0.2) is 0 Å². The second-order valence-electron chi connectivity index (χ2n) is 4.90. The molecule has 3 rings (SSSR count). The number of hydrogen-bond acceptors (Lipinski definition) is 5. The maximum absolute atomic E-state index is 12.0. The Morgan fingerprint density at radius 1 is 1.30 bits per heavy atom. The maximum atomic E-state index is 12.0. The van der Waals surface area contributed by atoms with Crippen molar-refractivity contribution in [2.75, 3.05) is 5.75 Å². The number of benzene rings is 1. The van der Waals surface area contributed by atoms with Crippen molar-refractivity contribution in [3.05, 3.63) is 59.0 Å². The second-order valence-corrected chi connectivity index (χ2v) is 6.82. The summed E-state index contributed by atoms with van der Waals surface area (Å²) in [7, 11) is 0. The molecule has 0 spiro atoms. The minimum Gasteiger partial charge on any atom is -0.348 e. The van der Waals surface area contributed by atoms with Crippen molar-refractivity contribution >= 4 is 29.0 Å².